The zero-order chi connectivity index (χ0) is 21.7. The molecular weight excluding hydrogens is 382 g/mol. The van der Waals surface area contributed by atoms with E-state index in [0.29, 0.717) is 41.2 Å². The summed E-state index contributed by atoms with van der Waals surface area (Å²) in [5, 5.41) is 2.85. The van der Waals surface area contributed by atoms with Gasteiger partial charge in [0.05, 0.1) is 18.4 Å². The van der Waals surface area contributed by atoms with Crippen molar-refractivity contribution in [2.45, 2.75) is 45.8 Å². The number of aldehydes is 1. The lowest BCUT2D eigenvalue weighted by Crippen LogP contribution is -2.30. The molecule has 7 nitrogen and oxygen atoms in total. The standard InChI is InChI=1S/C23H27N3O4/c1-16(2)29-12-11-23(3,4)30-20-8-5-17(6-9-20)22(28)25-18-7-10-21-24-19(15-27)14-26(21)13-18/h5-10,13-16H,11-12H2,1-4H3,(H,25,28). The summed E-state index contributed by atoms with van der Waals surface area (Å²) >= 11 is 0. The molecule has 0 radical (unpaired) electrons. The summed E-state index contributed by atoms with van der Waals surface area (Å²) in [6.07, 6.45) is 4.97. The van der Waals surface area contributed by atoms with Gasteiger partial charge < -0.3 is 19.2 Å². The number of benzene rings is 1. The molecule has 7 heteroatoms. The van der Waals surface area contributed by atoms with E-state index < -0.39 is 0 Å². The largest absolute Gasteiger partial charge is 0.488 e. The molecule has 2 heterocycles. The van der Waals surface area contributed by atoms with Crippen LogP contribution in [0.15, 0.2) is 48.8 Å². The highest BCUT2D eigenvalue weighted by Gasteiger charge is 2.20. The first kappa shape index (κ1) is 21.5. The molecule has 0 saturated heterocycles. The third-order valence-electron chi connectivity index (χ3n) is 4.51. The lowest BCUT2D eigenvalue weighted by atomic mass is 10.1. The van der Waals surface area contributed by atoms with E-state index in [0.717, 1.165) is 6.42 Å². The summed E-state index contributed by atoms with van der Waals surface area (Å²) in [6, 6.07) is 10.5. The maximum atomic E-state index is 12.6. The van der Waals surface area contributed by atoms with E-state index in [-0.39, 0.29) is 17.6 Å². The van der Waals surface area contributed by atoms with Gasteiger partial charge in [0.1, 0.15) is 22.7 Å². The van der Waals surface area contributed by atoms with Gasteiger partial charge in [-0.25, -0.2) is 4.98 Å². The molecule has 0 aliphatic rings. The molecule has 158 valence electrons. The Morgan fingerprint density at radius 1 is 1.17 bits per heavy atom. The maximum absolute atomic E-state index is 12.6. The first-order chi connectivity index (χ1) is 14.3. The van der Waals surface area contributed by atoms with Crippen molar-refractivity contribution < 1.29 is 19.1 Å². The third kappa shape index (κ3) is 5.67. The number of ether oxygens (including phenoxy) is 2. The number of fused-ring (bicyclic) bond motifs is 1. The Labute approximate surface area is 176 Å². The Hall–Kier alpha value is -3.19. The van der Waals surface area contributed by atoms with Crippen LogP contribution in [0.4, 0.5) is 5.69 Å². The van der Waals surface area contributed by atoms with Crippen molar-refractivity contribution in [1.29, 1.82) is 0 Å². The quantitative estimate of drug-likeness (QED) is 0.531. The first-order valence-corrected chi connectivity index (χ1v) is 9.92. The second-order valence-electron chi connectivity index (χ2n) is 7.98. The molecule has 0 fully saturated rings. The second-order valence-corrected chi connectivity index (χ2v) is 7.98. The molecule has 30 heavy (non-hydrogen) atoms. The minimum Gasteiger partial charge on any atom is -0.488 e. The van der Waals surface area contributed by atoms with Crippen LogP contribution < -0.4 is 10.1 Å². The van der Waals surface area contributed by atoms with Crippen molar-refractivity contribution in [1.82, 2.24) is 9.38 Å². The Balaban J connectivity index is 1.61. The maximum Gasteiger partial charge on any atom is 0.255 e. The number of anilines is 1. The predicted octanol–water partition coefficient (Wildman–Crippen LogP) is 4.37. The Morgan fingerprint density at radius 2 is 1.90 bits per heavy atom. The van der Waals surface area contributed by atoms with Gasteiger partial charge in [0.25, 0.3) is 5.91 Å². The zero-order valence-electron chi connectivity index (χ0n) is 17.7. The molecule has 3 aromatic rings. The second kappa shape index (κ2) is 9.09. The molecule has 0 bridgehead atoms. The van der Waals surface area contributed by atoms with Gasteiger partial charge in [-0.1, -0.05) is 0 Å². The lowest BCUT2D eigenvalue weighted by Gasteiger charge is -2.27. The SMILES string of the molecule is CC(C)OCCC(C)(C)Oc1ccc(C(=O)Nc2ccc3nc(C=O)cn3c2)cc1. The van der Waals surface area contributed by atoms with Crippen LogP contribution in [0.2, 0.25) is 0 Å². The zero-order valence-corrected chi connectivity index (χ0v) is 17.7. The first-order valence-electron chi connectivity index (χ1n) is 9.92. The summed E-state index contributed by atoms with van der Waals surface area (Å²) < 4.78 is 13.3. The summed E-state index contributed by atoms with van der Waals surface area (Å²) in [4.78, 5) is 27.6. The van der Waals surface area contributed by atoms with Gasteiger partial charge in [-0.15, -0.1) is 0 Å². The van der Waals surface area contributed by atoms with Crippen LogP contribution >= 0.6 is 0 Å². The molecule has 1 amide bonds. The number of hydrogen-bond donors (Lipinski definition) is 1. The van der Waals surface area contributed by atoms with E-state index in [2.05, 4.69) is 10.3 Å². The average molecular weight is 409 g/mol. The van der Waals surface area contributed by atoms with Gasteiger partial charge >= 0.3 is 0 Å². The van der Waals surface area contributed by atoms with Gasteiger partial charge in [-0.2, -0.15) is 0 Å². The molecule has 1 N–H and O–H groups in total. The number of amides is 1. The number of imidazole rings is 1. The van der Waals surface area contributed by atoms with Gasteiger partial charge in [-0.3, -0.25) is 9.59 Å². The Bertz CT molecular complexity index is 1020. The van der Waals surface area contributed by atoms with E-state index >= 15 is 0 Å². The van der Waals surface area contributed by atoms with Crippen LogP contribution in [0.3, 0.4) is 0 Å². The summed E-state index contributed by atoms with van der Waals surface area (Å²) in [6.45, 7) is 8.67. The Morgan fingerprint density at radius 3 is 2.57 bits per heavy atom. The fraction of sp³-hybridized carbons (Fsp3) is 0.348. The molecule has 3 rings (SSSR count). The van der Waals surface area contributed by atoms with Gasteiger partial charge in [0.2, 0.25) is 0 Å². The lowest BCUT2D eigenvalue weighted by molar-refractivity contribution is 0.0231. The molecular formula is C23H27N3O4. The van der Waals surface area contributed by atoms with Crippen molar-refractivity contribution in [2.24, 2.45) is 0 Å². The fourth-order valence-electron chi connectivity index (χ4n) is 2.93. The summed E-state index contributed by atoms with van der Waals surface area (Å²) in [7, 11) is 0. The van der Waals surface area contributed by atoms with Crippen LogP contribution in [0.5, 0.6) is 5.75 Å². The number of carbonyl (C=O) groups excluding carboxylic acids is 2. The highest BCUT2D eigenvalue weighted by atomic mass is 16.5. The molecule has 0 saturated carbocycles. The van der Waals surface area contributed by atoms with Crippen LogP contribution in [0.25, 0.3) is 5.65 Å². The Kier molecular flexibility index (Phi) is 6.52. The highest BCUT2D eigenvalue weighted by molar-refractivity contribution is 6.04. The van der Waals surface area contributed by atoms with Crippen LogP contribution in [0, 0.1) is 0 Å². The minimum absolute atomic E-state index is 0.195. The van der Waals surface area contributed by atoms with E-state index in [1.165, 1.54) is 0 Å². The van der Waals surface area contributed by atoms with Crippen molar-refractivity contribution in [3.05, 3.63) is 60.0 Å². The van der Waals surface area contributed by atoms with Crippen molar-refractivity contribution in [3.8, 4) is 5.75 Å². The molecule has 1 aromatic carbocycles. The smallest absolute Gasteiger partial charge is 0.255 e. The number of hydrogen-bond acceptors (Lipinski definition) is 5. The van der Waals surface area contributed by atoms with Gasteiger partial charge in [0.15, 0.2) is 6.29 Å². The van der Waals surface area contributed by atoms with Gasteiger partial charge in [-0.05, 0) is 64.1 Å². The summed E-state index contributed by atoms with van der Waals surface area (Å²) in [5.41, 5.74) is 1.72. The van der Waals surface area contributed by atoms with Crippen molar-refractivity contribution in [2.75, 3.05) is 11.9 Å². The molecule has 0 spiro atoms. The topological polar surface area (TPSA) is 81.9 Å². The molecule has 0 atom stereocenters. The molecule has 2 aromatic heterocycles. The highest BCUT2D eigenvalue weighted by Crippen LogP contribution is 2.22. The van der Waals surface area contributed by atoms with Crippen LogP contribution in [-0.2, 0) is 4.74 Å². The van der Waals surface area contributed by atoms with Crippen molar-refractivity contribution >= 4 is 23.5 Å². The normalized spacial score (nSPS) is 11.6. The minimum atomic E-state index is -0.376. The van der Waals surface area contributed by atoms with Crippen LogP contribution in [0.1, 0.15) is 55.0 Å². The van der Waals surface area contributed by atoms with Gasteiger partial charge in [0, 0.05) is 24.4 Å². The number of nitrogens with zero attached hydrogens (tertiary/aromatic N) is 2. The third-order valence-corrected chi connectivity index (χ3v) is 4.51. The molecule has 0 unspecified atom stereocenters. The van der Waals surface area contributed by atoms with E-state index in [1.807, 2.05) is 27.7 Å². The number of carbonyl (C=O) groups is 2. The van der Waals surface area contributed by atoms with Crippen molar-refractivity contribution in [3.63, 3.8) is 0 Å². The monoisotopic (exact) mass is 409 g/mol. The molecule has 0 aliphatic heterocycles. The summed E-state index contributed by atoms with van der Waals surface area (Å²) in [5.74, 6) is 0.462. The fourth-order valence-corrected chi connectivity index (χ4v) is 2.93. The predicted molar refractivity (Wildman–Crippen MR) is 115 cm³/mol. The average Bonchev–Trinajstić information content (AvgIpc) is 3.10. The number of rotatable bonds is 9. The number of nitrogens with one attached hydrogen (secondary N) is 1. The van der Waals surface area contributed by atoms with E-state index in [4.69, 9.17) is 9.47 Å². The van der Waals surface area contributed by atoms with E-state index in [1.54, 1.807) is 53.2 Å². The number of pyridine rings is 1. The van der Waals surface area contributed by atoms with E-state index in [9.17, 15) is 9.59 Å². The van der Waals surface area contributed by atoms with Crippen LogP contribution in [-0.4, -0.2) is 39.9 Å². The molecule has 0 aliphatic carbocycles. The number of aromatic nitrogens is 2.